The Balaban J connectivity index is 2.46. The lowest BCUT2D eigenvalue weighted by molar-refractivity contribution is 0.0697. The number of nitrogens with one attached hydrogen (secondary N) is 1. The smallest absolute Gasteiger partial charge is 0.335 e. The Morgan fingerprint density at radius 3 is 2.76 bits per heavy atom. The Morgan fingerprint density at radius 1 is 1.41 bits per heavy atom. The zero-order valence-electron chi connectivity index (χ0n) is 10.3. The molecule has 0 unspecified atom stereocenters. The molecule has 94 valence electrons. The van der Waals surface area contributed by atoms with E-state index in [0.29, 0.717) is 5.56 Å². The summed E-state index contributed by atoms with van der Waals surface area (Å²) in [6, 6.07) is 5.11. The second-order valence-electron chi connectivity index (χ2n) is 3.96. The van der Waals surface area contributed by atoms with Gasteiger partial charge in [0.15, 0.2) is 0 Å². The molecule has 0 amide bonds. The van der Waals surface area contributed by atoms with Gasteiger partial charge in [0.1, 0.15) is 0 Å². The number of unbranched alkanes of at least 4 members (excludes halogenated alkanes) is 1. The number of carbonyl (C=O) groups is 1. The Hall–Kier alpha value is -1.55. The molecular weight excluding hydrogens is 218 g/mol. The molecule has 2 N–H and O–H groups in total. The number of hydrogen-bond donors (Lipinski definition) is 2. The largest absolute Gasteiger partial charge is 0.478 e. The van der Waals surface area contributed by atoms with Gasteiger partial charge in [0.2, 0.25) is 0 Å². The van der Waals surface area contributed by atoms with Gasteiger partial charge >= 0.3 is 5.97 Å². The molecule has 1 rings (SSSR count). The molecule has 0 aromatic heterocycles. The molecule has 0 aliphatic carbocycles. The van der Waals surface area contributed by atoms with Gasteiger partial charge < -0.3 is 15.2 Å². The monoisotopic (exact) mass is 237 g/mol. The number of methoxy groups -OCH3 is 1. The molecule has 1 aromatic rings. The van der Waals surface area contributed by atoms with Crippen molar-refractivity contribution in [2.45, 2.75) is 19.8 Å². The number of rotatable bonds is 7. The second kappa shape index (κ2) is 6.91. The van der Waals surface area contributed by atoms with Crippen molar-refractivity contribution in [1.29, 1.82) is 0 Å². The lowest BCUT2D eigenvalue weighted by Crippen LogP contribution is -2.05. The topological polar surface area (TPSA) is 58.6 Å². The zero-order valence-corrected chi connectivity index (χ0v) is 10.3. The number of anilines is 1. The average molecular weight is 237 g/mol. The van der Waals surface area contributed by atoms with Crippen molar-refractivity contribution in [3.8, 4) is 0 Å². The molecule has 0 saturated heterocycles. The highest BCUT2D eigenvalue weighted by molar-refractivity contribution is 5.88. The predicted octanol–water partition coefficient (Wildman–Crippen LogP) is 2.53. The summed E-state index contributed by atoms with van der Waals surface area (Å²) in [6.45, 7) is 3.55. The minimum Gasteiger partial charge on any atom is -0.478 e. The van der Waals surface area contributed by atoms with Crippen LogP contribution in [0, 0.1) is 6.92 Å². The van der Waals surface area contributed by atoms with Gasteiger partial charge in [-0.2, -0.15) is 0 Å². The highest BCUT2D eigenvalue weighted by Gasteiger charge is 2.04. The number of carboxylic acid groups (broad SMARTS) is 1. The van der Waals surface area contributed by atoms with E-state index in [1.54, 1.807) is 19.2 Å². The molecule has 4 nitrogen and oxygen atoms in total. The first-order chi connectivity index (χ1) is 8.15. The van der Waals surface area contributed by atoms with E-state index in [-0.39, 0.29) is 0 Å². The van der Waals surface area contributed by atoms with E-state index in [2.05, 4.69) is 5.32 Å². The van der Waals surface area contributed by atoms with Gasteiger partial charge in [-0.3, -0.25) is 0 Å². The van der Waals surface area contributed by atoms with E-state index >= 15 is 0 Å². The molecule has 0 saturated carbocycles. The number of aryl methyl sites for hydroxylation is 1. The van der Waals surface area contributed by atoms with Crippen LogP contribution in [0.2, 0.25) is 0 Å². The fourth-order valence-corrected chi connectivity index (χ4v) is 1.59. The van der Waals surface area contributed by atoms with E-state index in [1.807, 2.05) is 13.0 Å². The summed E-state index contributed by atoms with van der Waals surface area (Å²) in [5.41, 5.74) is 2.27. The predicted molar refractivity (Wildman–Crippen MR) is 67.7 cm³/mol. The van der Waals surface area contributed by atoms with Gasteiger partial charge in [-0.05, 0) is 43.5 Å². The summed E-state index contributed by atoms with van der Waals surface area (Å²) in [5.74, 6) is -0.889. The molecule has 0 heterocycles. The first-order valence-electron chi connectivity index (χ1n) is 5.72. The molecule has 0 atom stereocenters. The molecule has 0 bridgehead atoms. The molecule has 17 heavy (non-hydrogen) atoms. The maximum atomic E-state index is 10.8. The molecule has 0 aliphatic heterocycles. The minimum atomic E-state index is -0.889. The third-order valence-electron chi connectivity index (χ3n) is 2.56. The van der Waals surface area contributed by atoms with Crippen LogP contribution in [0.4, 0.5) is 5.69 Å². The van der Waals surface area contributed by atoms with E-state index in [4.69, 9.17) is 9.84 Å². The highest BCUT2D eigenvalue weighted by atomic mass is 16.5. The van der Waals surface area contributed by atoms with Gasteiger partial charge in [0, 0.05) is 25.9 Å². The van der Waals surface area contributed by atoms with Gasteiger partial charge in [0.25, 0.3) is 0 Å². The Kier molecular flexibility index (Phi) is 5.49. The third-order valence-corrected chi connectivity index (χ3v) is 2.56. The molecule has 1 aromatic carbocycles. The Bertz CT molecular complexity index is 377. The van der Waals surface area contributed by atoms with Crippen molar-refractivity contribution in [3.63, 3.8) is 0 Å². The maximum Gasteiger partial charge on any atom is 0.335 e. The SMILES string of the molecule is COCCCCNc1ccc(C(=O)O)cc1C. The first kappa shape index (κ1) is 13.5. The van der Waals surface area contributed by atoms with Crippen molar-refractivity contribution in [3.05, 3.63) is 29.3 Å². The number of ether oxygens (including phenoxy) is 1. The first-order valence-corrected chi connectivity index (χ1v) is 5.72. The van der Waals surface area contributed by atoms with Crippen LogP contribution in [0.15, 0.2) is 18.2 Å². The maximum absolute atomic E-state index is 10.8. The fraction of sp³-hybridized carbons (Fsp3) is 0.462. The van der Waals surface area contributed by atoms with Gasteiger partial charge in [-0.15, -0.1) is 0 Å². The lowest BCUT2D eigenvalue weighted by atomic mass is 10.1. The Labute approximate surface area is 102 Å². The Morgan fingerprint density at radius 2 is 2.18 bits per heavy atom. The van der Waals surface area contributed by atoms with Gasteiger partial charge in [0.05, 0.1) is 5.56 Å². The third kappa shape index (κ3) is 4.44. The van der Waals surface area contributed by atoms with Crippen molar-refractivity contribution >= 4 is 11.7 Å². The molecule has 0 fully saturated rings. The molecule has 0 spiro atoms. The number of carboxylic acids is 1. The minimum absolute atomic E-state index is 0.326. The van der Waals surface area contributed by atoms with E-state index < -0.39 is 5.97 Å². The molecule has 0 aliphatic rings. The lowest BCUT2D eigenvalue weighted by Gasteiger charge is -2.09. The fourth-order valence-electron chi connectivity index (χ4n) is 1.59. The normalized spacial score (nSPS) is 10.2. The summed E-state index contributed by atoms with van der Waals surface area (Å²) < 4.78 is 4.97. The van der Waals surface area contributed by atoms with E-state index in [1.165, 1.54) is 0 Å². The van der Waals surface area contributed by atoms with Gasteiger partial charge in [-0.1, -0.05) is 0 Å². The summed E-state index contributed by atoms with van der Waals surface area (Å²) in [6.07, 6.45) is 2.06. The van der Waals surface area contributed by atoms with Crippen LogP contribution in [0.25, 0.3) is 0 Å². The van der Waals surface area contributed by atoms with Crippen molar-refractivity contribution < 1.29 is 14.6 Å². The van der Waals surface area contributed by atoms with Gasteiger partial charge in [-0.25, -0.2) is 4.79 Å². The molecular formula is C13H19NO3. The second-order valence-corrected chi connectivity index (χ2v) is 3.96. The van der Waals surface area contributed by atoms with Crippen LogP contribution in [0.3, 0.4) is 0 Å². The van der Waals surface area contributed by atoms with Crippen LogP contribution in [-0.4, -0.2) is 31.3 Å². The van der Waals surface area contributed by atoms with Crippen LogP contribution in [-0.2, 0) is 4.74 Å². The molecule has 4 heteroatoms. The van der Waals surface area contributed by atoms with Crippen LogP contribution in [0.1, 0.15) is 28.8 Å². The summed E-state index contributed by atoms with van der Waals surface area (Å²) >= 11 is 0. The average Bonchev–Trinajstić information content (AvgIpc) is 2.30. The van der Waals surface area contributed by atoms with Crippen LogP contribution in [0.5, 0.6) is 0 Å². The van der Waals surface area contributed by atoms with Crippen LogP contribution < -0.4 is 5.32 Å². The highest BCUT2D eigenvalue weighted by Crippen LogP contribution is 2.16. The molecule has 0 radical (unpaired) electrons. The van der Waals surface area contributed by atoms with Crippen molar-refractivity contribution in [2.75, 3.05) is 25.6 Å². The number of aromatic carboxylic acids is 1. The van der Waals surface area contributed by atoms with E-state index in [0.717, 1.165) is 37.2 Å². The van der Waals surface area contributed by atoms with E-state index in [9.17, 15) is 4.79 Å². The summed E-state index contributed by atoms with van der Waals surface area (Å²) in [7, 11) is 1.70. The standard InChI is InChI=1S/C13H19NO3/c1-10-9-11(13(15)16)5-6-12(10)14-7-3-4-8-17-2/h5-6,9,14H,3-4,7-8H2,1-2H3,(H,15,16). The van der Waals surface area contributed by atoms with Crippen molar-refractivity contribution in [1.82, 2.24) is 0 Å². The zero-order chi connectivity index (χ0) is 12.7. The summed E-state index contributed by atoms with van der Waals surface area (Å²) in [5, 5.41) is 12.1. The number of hydrogen-bond acceptors (Lipinski definition) is 3. The summed E-state index contributed by atoms with van der Waals surface area (Å²) in [4.78, 5) is 10.8. The van der Waals surface area contributed by atoms with Crippen molar-refractivity contribution in [2.24, 2.45) is 0 Å². The number of benzene rings is 1. The van der Waals surface area contributed by atoms with Crippen LogP contribution >= 0.6 is 0 Å². The quantitative estimate of drug-likeness (QED) is 0.715.